The van der Waals surface area contributed by atoms with Crippen LogP contribution in [0.3, 0.4) is 0 Å². The van der Waals surface area contributed by atoms with Gasteiger partial charge in [0.15, 0.2) is 11.7 Å². The van der Waals surface area contributed by atoms with Gasteiger partial charge in [-0.15, -0.1) is 0 Å². The quantitative estimate of drug-likeness (QED) is 0.690. The van der Waals surface area contributed by atoms with Crippen LogP contribution in [0.4, 0.5) is 0 Å². The fourth-order valence-electron chi connectivity index (χ4n) is 3.47. The minimum atomic E-state index is -1.86. The van der Waals surface area contributed by atoms with Gasteiger partial charge in [0.25, 0.3) is 0 Å². The van der Waals surface area contributed by atoms with Crippen LogP contribution in [0.15, 0.2) is 11.6 Å². The molecule has 0 radical (unpaired) electrons. The summed E-state index contributed by atoms with van der Waals surface area (Å²) in [5, 5.41) is 10.7. The Labute approximate surface area is 154 Å². The number of likely N-dealkylation sites (N-methyl/N-ethyl adjacent to an activating group) is 1. The third-order valence-electron chi connectivity index (χ3n) is 5.48. The summed E-state index contributed by atoms with van der Waals surface area (Å²) in [5.74, 6) is -3.39. The van der Waals surface area contributed by atoms with E-state index >= 15 is 0 Å². The molecule has 2 rings (SSSR count). The Kier molecular flexibility index (Phi) is 6.24. The largest absolute Gasteiger partial charge is 0.459 e. The number of hydrogen-bond acceptors (Lipinski definition) is 7. The maximum absolute atomic E-state index is 12.8. The second-order valence-corrected chi connectivity index (χ2v) is 7.85. The first-order valence-corrected chi connectivity index (χ1v) is 9.07. The third-order valence-corrected chi connectivity index (χ3v) is 5.48. The zero-order valence-corrected chi connectivity index (χ0v) is 16.2. The zero-order valence-electron chi connectivity index (χ0n) is 16.2. The van der Waals surface area contributed by atoms with Crippen molar-refractivity contribution < 1.29 is 29.0 Å². The van der Waals surface area contributed by atoms with Crippen molar-refractivity contribution in [2.24, 2.45) is 17.8 Å². The molecule has 4 atom stereocenters. The standard InChI is InChI=1S/C19H29NO6/c1-11(2)15-12(3)19(4,24)18(23)25-10-13-6-8-20(5)9-7-14(16(13)21)26-17(15)22/h6,11-12,14-15,24H,7-10H2,1-5H3. The molecule has 4 unspecified atom stereocenters. The molecule has 1 saturated heterocycles. The van der Waals surface area contributed by atoms with Crippen molar-refractivity contribution in [2.45, 2.75) is 45.8 Å². The van der Waals surface area contributed by atoms with E-state index in [4.69, 9.17) is 9.47 Å². The molecule has 7 heteroatoms. The number of fused-ring (bicyclic) bond motifs is 2. The molecule has 2 bridgehead atoms. The predicted molar refractivity (Wildman–Crippen MR) is 94.2 cm³/mol. The minimum Gasteiger partial charge on any atom is -0.459 e. The van der Waals surface area contributed by atoms with Crippen LogP contribution in [-0.4, -0.2) is 66.2 Å². The van der Waals surface area contributed by atoms with E-state index in [2.05, 4.69) is 0 Å². The molecule has 0 aromatic carbocycles. The molecule has 0 saturated carbocycles. The van der Waals surface area contributed by atoms with Crippen LogP contribution >= 0.6 is 0 Å². The Hall–Kier alpha value is -1.73. The van der Waals surface area contributed by atoms with Crippen molar-refractivity contribution in [1.29, 1.82) is 0 Å². The SMILES string of the molecule is CC(C)C1C(=O)OC2CCN(C)CC=C(COC(=O)C(C)(O)C1C)C2=O. The molecule has 0 amide bonds. The Balaban J connectivity index is 2.47. The van der Waals surface area contributed by atoms with Crippen molar-refractivity contribution in [3.63, 3.8) is 0 Å². The summed E-state index contributed by atoms with van der Waals surface area (Å²) in [4.78, 5) is 40.1. The van der Waals surface area contributed by atoms with Gasteiger partial charge in [-0.2, -0.15) is 0 Å². The first-order valence-electron chi connectivity index (χ1n) is 9.07. The van der Waals surface area contributed by atoms with E-state index in [0.717, 1.165) is 0 Å². The van der Waals surface area contributed by atoms with Crippen LogP contribution in [0.2, 0.25) is 0 Å². The number of carbonyl (C=O) groups is 3. The molecule has 2 aliphatic heterocycles. The Morgan fingerprint density at radius 3 is 2.58 bits per heavy atom. The summed E-state index contributed by atoms with van der Waals surface area (Å²) >= 11 is 0. The molecule has 1 N–H and O–H groups in total. The van der Waals surface area contributed by atoms with Crippen LogP contribution in [0.5, 0.6) is 0 Å². The monoisotopic (exact) mass is 367 g/mol. The van der Waals surface area contributed by atoms with E-state index in [1.165, 1.54) is 6.92 Å². The second kappa shape index (κ2) is 7.88. The van der Waals surface area contributed by atoms with E-state index in [1.54, 1.807) is 13.0 Å². The molecular formula is C19H29NO6. The number of nitrogens with zero attached hydrogens (tertiary/aromatic N) is 1. The van der Waals surface area contributed by atoms with E-state index in [9.17, 15) is 19.5 Å². The lowest BCUT2D eigenvalue weighted by molar-refractivity contribution is -0.176. The first kappa shape index (κ1) is 20.6. The lowest BCUT2D eigenvalue weighted by Crippen LogP contribution is -2.49. The maximum atomic E-state index is 12.8. The number of cyclic esters (lactones) is 1. The molecule has 7 nitrogen and oxygen atoms in total. The summed E-state index contributed by atoms with van der Waals surface area (Å²) in [6, 6.07) is 0. The number of hydrogen-bond donors (Lipinski definition) is 1. The van der Waals surface area contributed by atoms with E-state index < -0.39 is 35.5 Å². The molecule has 2 heterocycles. The predicted octanol–water partition coefficient (Wildman–Crippen LogP) is 0.945. The molecule has 0 aromatic rings. The van der Waals surface area contributed by atoms with Crippen LogP contribution in [-0.2, 0) is 23.9 Å². The van der Waals surface area contributed by atoms with Crippen molar-refractivity contribution in [3.8, 4) is 0 Å². The third kappa shape index (κ3) is 4.15. The summed E-state index contributed by atoms with van der Waals surface area (Å²) in [7, 11) is 1.90. The Bertz CT molecular complexity index is 609. The highest BCUT2D eigenvalue weighted by atomic mass is 16.6. The molecule has 2 aliphatic rings. The summed E-state index contributed by atoms with van der Waals surface area (Å²) in [6.45, 7) is 7.51. The summed E-state index contributed by atoms with van der Waals surface area (Å²) in [6.07, 6.45) is 1.15. The molecule has 0 aliphatic carbocycles. The van der Waals surface area contributed by atoms with Crippen LogP contribution < -0.4 is 0 Å². The number of ketones is 1. The van der Waals surface area contributed by atoms with Gasteiger partial charge in [0.2, 0.25) is 5.78 Å². The van der Waals surface area contributed by atoms with Gasteiger partial charge >= 0.3 is 11.9 Å². The highest BCUT2D eigenvalue weighted by Crippen LogP contribution is 2.33. The average Bonchev–Trinajstić information content (AvgIpc) is 2.56. The van der Waals surface area contributed by atoms with Crippen molar-refractivity contribution in [1.82, 2.24) is 4.90 Å². The van der Waals surface area contributed by atoms with E-state index in [0.29, 0.717) is 19.5 Å². The smallest absolute Gasteiger partial charge is 0.338 e. The highest BCUT2D eigenvalue weighted by molar-refractivity contribution is 6.00. The van der Waals surface area contributed by atoms with Crippen LogP contribution in [0, 0.1) is 17.8 Å². The lowest BCUT2D eigenvalue weighted by Gasteiger charge is -2.34. The maximum Gasteiger partial charge on any atom is 0.338 e. The average molecular weight is 367 g/mol. The van der Waals surface area contributed by atoms with E-state index in [1.807, 2.05) is 25.8 Å². The zero-order chi connectivity index (χ0) is 19.6. The minimum absolute atomic E-state index is 0.182. The lowest BCUT2D eigenvalue weighted by atomic mass is 9.75. The fraction of sp³-hybridized carbons (Fsp3) is 0.737. The van der Waals surface area contributed by atoms with Crippen LogP contribution in [0.1, 0.15) is 34.1 Å². The van der Waals surface area contributed by atoms with Crippen molar-refractivity contribution in [2.75, 3.05) is 26.7 Å². The summed E-state index contributed by atoms with van der Waals surface area (Å²) < 4.78 is 10.8. The van der Waals surface area contributed by atoms with E-state index in [-0.39, 0.29) is 23.9 Å². The second-order valence-electron chi connectivity index (χ2n) is 7.85. The number of esters is 2. The van der Waals surface area contributed by atoms with Gasteiger partial charge in [-0.1, -0.05) is 26.8 Å². The van der Waals surface area contributed by atoms with Gasteiger partial charge in [-0.05, 0) is 19.9 Å². The van der Waals surface area contributed by atoms with Crippen LogP contribution in [0.25, 0.3) is 0 Å². The van der Waals surface area contributed by atoms with Gasteiger partial charge in [-0.3, -0.25) is 9.59 Å². The first-order chi connectivity index (χ1) is 12.1. The Morgan fingerprint density at radius 1 is 1.31 bits per heavy atom. The van der Waals surface area contributed by atoms with Gasteiger partial charge in [0.05, 0.1) is 5.92 Å². The molecule has 1 fully saturated rings. The number of aliphatic hydroxyl groups is 1. The number of carbonyl (C=O) groups excluding carboxylic acids is 3. The van der Waals surface area contributed by atoms with Gasteiger partial charge in [0, 0.05) is 31.0 Å². The normalized spacial score (nSPS) is 35.0. The molecule has 0 aromatic heterocycles. The molecular weight excluding hydrogens is 338 g/mol. The highest BCUT2D eigenvalue weighted by Gasteiger charge is 2.47. The molecule has 26 heavy (non-hydrogen) atoms. The molecule has 146 valence electrons. The van der Waals surface area contributed by atoms with Gasteiger partial charge < -0.3 is 19.5 Å². The number of Topliss-reactive ketones (excluding diaryl/α,β-unsaturated/α-hetero) is 1. The molecule has 0 spiro atoms. The number of ether oxygens (including phenoxy) is 2. The van der Waals surface area contributed by atoms with Crippen molar-refractivity contribution >= 4 is 17.7 Å². The number of rotatable bonds is 1. The van der Waals surface area contributed by atoms with Gasteiger partial charge in [0.1, 0.15) is 6.61 Å². The fourth-order valence-corrected chi connectivity index (χ4v) is 3.47. The summed E-state index contributed by atoms with van der Waals surface area (Å²) in [5.41, 5.74) is -1.58. The van der Waals surface area contributed by atoms with Gasteiger partial charge in [-0.25, -0.2) is 4.79 Å². The topological polar surface area (TPSA) is 93.1 Å². The van der Waals surface area contributed by atoms with Crippen molar-refractivity contribution in [3.05, 3.63) is 11.6 Å². The Morgan fingerprint density at radius 2 is 1.96 bits per heavy atom.